The van der Waals surface area contributed by atoms with Crippen LogP contribution in [0.1, 0.15) is 47.0 Å². The highest BCUT2D eigenvalue weighted by atomic mass is 127. The van der Waals surface area contributed by atoms with Crippen LogP contribution >= 0.6 is 24.0 Å². The van der Waals surface area contributed by atoms with E-state index in [1.165, 1.54) is 12.4 Å². The third kappa shape index (κ3) is 3.77. The highest BCUT2D eigenvalue weighted by Crippen LogP contribution is 2.46. The Balaban J connectivity index is 0.00000264. The van der Waals surface area contributed by atoms with Crippen molar-refractivity contribution in [2.45, 2.75) is 53.3 Å². The molecule has 0 spiro atoms. The van der Waals surface area contributed by atoms with E-state index in [9.17, 15) is 8.78 Å². The molecule has 1 aliphatic heterocycles. The lowest BCUT2D eigenvalue weighted by Gasteiger charge is -2.62. The molecule has 8 heteroatoms. The number of hydrogen-bond acceptors (Lipinski definition) is 2. The van der Waals surface area contributed by atoms with Gasteiger partial charge < -0.3 is 10.2 Å². The van der Waals surface area contributed by atoms with E-state index >= 15 is 0 Å². The van der Waals surface area contributed by atoms with Crippen LogP contribution in [0.5, 0.6) is 0 Å². The molecule has 2 heterocycles. The lowest BCUT2D eigenvalue weighted by atomic mass is 9.65. The van der Waals surface area contributed by atoms with E-state index in [0.29, 0.717) is 0 Å². The standard InChI is InChI=1S/C15H25F2N5.HI/c1-6-18-13(22-10-14(2,3)15(22,4)5)20-9-11-19-7-8-21(11)12(16)17;/h7-8,12H,6,9-10H2,1-5H3,(H,18,20);1H. The molecule has 132 valence electrons. The monoisotopic (exact) mass is 441 g/mol. The number of aromatic nitrogens is 2. The maximum atomic E-state index is 12.8. The van der Waals surface area contributed by atoms with Gasteiger partial charge in [-0.3, -0.25) is 4.57 Å². The summed E-state index contributed by atoms with van der Waals surface area (Å²) in [6.45, 7) is 9.93. The summed E-state index contributed by atoms with van der Waals surface area (Å²) in [5, 5.41) is 3.24. The van der Waals surface area contributed by atoms with E-state index in [1.54, 1.807) is 0 Å². The predicted octanol–water partition coefficient (Wildman–Crippen LogP) is 3.48. The molecule has 1 aliphatic rings. The number of halogens is 3. The van der Waals surface area contributed by atoms with Gasteiger partial charge in [-0.2, -0.15) is 8.78 Å². The van der Waals surface area contributed by atoms with Gasteiger partial charge in [-0.05, 0) is 20.8 Å². The van der Waals surface area contributed by atoms with Crippen LogP contribution in [0.15, 0.2) is 17.4 Å². The quantitative estimate of drug-likeness (QED) is 0.442. The van der Waals surface area contributed by atoms with Crippen LogP contribution in [-0.2, 0) is 6.54 Å². The Bertz CT molecular complexity index is 554. The molecule has 23 heavy (non-hydrogen) atoms. The molecule has 1 aromatic heterocycles. The van der Waals surface area contributed by atoms with Crippen LogP contribution in [0.2, 0.25) is 0 Å². The van der Waals surface area contributed by atoms with Crippen molar-refractivity contribution >= 4 is 29.9 Å². The largest absolute Gasteiger partial charge is 0.356 e. The van der Waals surface area contributed by atoms with Gasteiger partial charge in [0.25, 0.3) is 0 Å². The van der Waals surface area contributed by atoms with E-state index in [1.807, 2.05) is 6.92 Å². The van der Waals surface area contributed by atoms with Gasteiger partial charge in [-0.25, -0.2) is 9.98 Å². The van der Waals surface area contributed by atoms with Crippen molar-refractivity contribution in [3.8, 4) is 0 Å². The zero-order valence-electron chi connectivity index (χ0n) is 14.3. The number of hydrogen-bond donors (Lipinski definition) is 1. The fourth-order valence-corrected chi connectivity index (χ4v) is 2.58. The van der Waals surface area contributed by atoms with Gasteiger partial charge in [-0.1, -0.05) is 13.8 Å². The van der Waals surface area contributed by atoms with E-state index in [4.69, 9.17) is 0 Å². The number of guanidine groups is 1. The second-order valence-corrected chi connectivity index (χ2v) is 6.73. The Morgan fingerprint density at radius 1 is 1.39 bits per heavy atom. The predicted molar refractivity (Wildman–Crippen MR) is 98.3 cm³/mol. The maximum Gasteiger partial charge on any atom is 0.319 e. The third-order valence-corrected chi connectivity index (χ3v) is 4.80. The second kappa shape index (κ2) is 7.31. The summed E-state index contributed by atoms with van der Waals surface area (Å²) in [6.07, 6.45) is 2.65. The first-order valence-electron chi connectivity index (χ1n) is 7.56. The number of nitrogens with one attached hydrogen (secondary N) is 1. The number of aliphatic imine (C=N–C) groups is 1. The van der Waals surface area contributed by atoms with E-state index in [2.05, 4.69) is 47.9 Å². The first-order chi connectivity index (χ1) is 10.2. The number of likely N-dealkylation sites (tertiary alicyclic amines) is 1. The molecule has 1 N–H and O–H groups in total. The van der Waals surface area contributed by atoms with Crippen molar-refractivity contribution in [2.24, 2.45) is 10.4 Å². The van der Waals surface area contributed by atoms with Crippen molar-refractivity contribution in [1.82, 2.24) is 19.8 Å². The average molecular weight is 441 g/mol. The Morgan fingerprint density at radius 3 is 2.52 bits per heavy atom. The van der Waals surface area contributed by atoms with Crippen LogP contribution in [0.3, 0.4) is 0 Å². The molecular weight excluding hydrogens is 415 g/mol. The molecule has 1 saturated heterocycles. The summed E-state index contributed by atoms with van der Waals surface area (Å²) in [5.74, 6) is 1.01. The molecular formula is C15H26F2IN5. The van der Waals surface area contributed by atoms with Crippen molar-refractivity contribution in [3.63, 3.8) is 0 Å². The number of rotatable bonds is 4. The molecule has 0 radical (unpaired) electrons. The van der Waals surface area contributed by atoms with Gasteiger partial charge in [0.1, 0.15) is 12.4 Å². The van der Waals surface area contributed by atoms with E-state index in [-0.39, 0.29) is 47.3 Å². The third-order valence-electron chi connectivity index (χ3n) is 4.80. The summed E-state index contributed by atoms with van der Waals surface area (Å²) in [6, 6.07) is 0. The molecule has 0 bridgehead atoms. The lowest BCUT2D eigenvalue weighted by Crippen LogP contribution is -2.72. The minimum atomic E-state index is -2.59. The number of alkyl halides is 2. The normalized spacial score (nSPS) is 19.3. The Kier molecular flexibility index (Phi) is 6.39. The van der Waals surface area contributed by atoms with Crippen LogP contribution in [0, 0.1) is 5.41 Å². The van der Waals surface area contributed by atoms with Crippen molar-refractivity contribution in [3.05, 3.63) is 18.2 Å². The fraction of sp³-hybridized carbons (Fsp3) is 0.733. The molecule has 1 fully saturated rings. The van der Waals surface area contributed by atoms with Gasteiger partial charge in [0.05, 0.1) is 0 Å². The summed E-state index contributed by atoms with van der Waals surface area (Å²) in [4.78, 5) is 10.7. The number of nitrogens with zero attached hydrogens (tertiary/aromatic N) is 4. The van der Waals surface area contributed by atoms with Gasteiger partial charge >= 0.3 is 6.55 Å². The smallest absolute Gasteiger partial charge is 0.319 e. The zero-order chi connectivity index (χ0) is 16.5. The van der Waals surface area contributed by atoms with Crippen molar-refractivity contribution < 1.29 is 8.78 Å². The second-order valence-electron chi connectivity index (χ2n) is 6.73. The molecule has 0 aromatic carbocycles. The van der Waals surface area contributed by atoms with Crippen molar-refractivity contribution in [1.29, 1.82) is 0 Å². The molecule has 1 aromatic rings. The van der Waals surface area contributed by atoms with Crippen LogP contribution < -0.4 is 5.32 Å². The van der Waals surface area contributed by atoms with Gasteiger partial charge in [0, 0.05) is 36.4 Å². The van der Waals surface area contributed by atoms with Gasteiger partial charge in [-0.15, -0.1) is 24.0 Å². The summed E-state index contributed by atoms with van der Waals surface area (Å²) < 4.78 is 26.5. The zero-order valence-corrected chi connectivity index (χ0v) is 16.6. The molecule has 0 unspecified atom stereocenters. The van der Waals surface area contributed by atoms with Gasteiger partial charge in [0.15, 0.2) is 5.96 Å². The molecule has 2 rings (SSSR count). The molecule has 5 nitrogen and oxygen atoms in total. The minimum Gasteiger partial charge on any atom is -0.356 e. The SMILES string of the molecule is CCNC(=NCc1nccn1C(F)F)N1CC(C)(C)C1(C)C.I. The highest BCUT2D eigenvalue weighted by Gasteiger charge is 2.53. The molecule has 0 aliphatic carbocycles. The van der Waals surface area contributed by atoms with Crippen molar-refractivity contribution in [2.75, 3.05) is 13.1 Å². The average Bonchev–Trinajstić information content (AvgIpc) is 2.89. The topological polar surface area (TPSA) is 45.5 Å². The fourth-order valence-electron chi connectivity index (χ4n) is 2.58. The lowest BCUT2D eigenvalue weighted by molar-refractivity contribution is -0.0668. The van der Waals surface area contributed by atoms with Crippen LogP contribution in [0.25, 0.3) is 0 Å². The summed E-state index contributed by atoms with van der Waals surface area (Å²) in [5.41, 5.74) is 0.150. The Hall–Kier alpha value is -0.930. The first kappa shape index (κ1) is 20.1. The summed E-state index contributed by atoms with van der Waals surface area (Å²) in [7, 11) is 0. The van der Waals surface area contributed by atoms with E-state index < -0.39 is 6.55 Å². The Morgan fingerprint density at radius 2 is 2.04 bits per heavy atom. The molecule has 0 atom stereocenters. The minimum absolute atomic E-state index is 0. The maximum absolute atomic E-state index is 12.8. The van der Waals surface area contributed by atoms with Gasteiger partial charge in [0.2, 0.25) is 0 Å². The number of imidazole rings is 1. The van der Waals surface area contributed by atoms with E-state index in [0.717, 1.165) is 23.6 Å². The summed E-state index contributed by atoms with van der Waals surface area (Å²) >= 11 is 0. The first-order valence-corrected chi connectivity index (χ1v) is 7.56. The molecule has 0 amide bonds. The highest BCUT2D eigenvalue weighted by molar-refractivity contribution is 14.0. The van der Waals surface area contributed by atoms with Crippen LogP contribution in [-0.4, -0.2) is 39.0 Å². The van der Waals surface area contributed by atoms with Crippen LogP contribution in [0.4, 0.5) is 8.78 Å². The molecule has 0 saturated carbocycles. The Labute approximate surface area is 153 Å².